The Kier molecular flexibility index (Phi) is 2.89. The maximum Gasteiger partial charge on any atom is 0.128 e. The molecule has 0 saturated heterocycles. The largest absolute Gasteiger partial charge is 0.507 e. The van der Waals surface area contributed by atoms with Crippen molar-refractivity contribution in [3.05, 3.63) is 71.8 Å². The molecule has 25 heavy (non-hydrogen) atoms. The van der Waals surface area contributed by atoms with E-state index in [1.807, 2.05) is 24.3 Å². The van der Waals surface area contributed by atoms with Gasteiger partial charge < -0.3 is 5.11 Å². The van der Waals surface area contributed by atoms with E-state index < -0.39 is 0 Å². The van der Waals surface area contributed by atoms with Crippen molar-refractivity contribution in [3.8, 4) is 27.4 Å². The van der Waals surface area contributed by atoms with Crippen LogP contribution in [0, 0.1) is 0 Å². The number of nitrogens with zero attached hydrogens (tertiary/aromatic N) is 1. The number of aromatic hydroxyl groups is 1. The molecule has 1 aromatic heterocycles. The second-order valence-electron chi connectivity index (χ2n) is 7.07. The molecule has 5 rings (SSSR count). The van der Waals surface area contributed by atoms with Crippen LogP contribution in [-0.4, -0.2) is 10.1 Å². The van der Waals surface area contributed by atoms with E-state index in [-0.39, 0.29) is 5.41 Å². The van der Waals surface area contributed by atoms with Crippen LogP contribution in [0.25, 0.3) is 31.9 Å². The fourth-order valence-corrected chi connectivity index (χ4v) is 4.89. The van der Waals surface area contributed by atoms with Crippen molar-refractivity contribution in [1.82, 2.24) is 4.98 Å². The summed E-state index contributed by atoms with van der Waals surface area (Å²) in [4.78, 5) is 4.72. The molecule has 0 saturated carbocycles. The van der Waals surface area contributed by atoms with Gasteiger partial charge in [-0.3, -0.25) is 0 Å². The van der Waals surface area contributed by atoms with Gasteiger partial charge in [0.1, 0.15) is 10.8 Å². The Bertz CT molecular complexity index is 1110. The number of fused-ring (bicyclic) bond motifs is 4. The van der Waals surface area contributed by atoms with E-state index in [4.69, 9.17) is 4.98 Å². The molecule has 3 heteroatoms. The summed E-state index contributed by atoms with van der Waals surface area (Å²) in [5.41, 5.74) is 6.63. The summed E-state index contributed by atoms with van der Waals surface area (Å²) in [6, 6.07) is 20.6. The predicted octanol–water partition coefficient (Wildman–Crippen LogP) is 5.98. The number of aromatic nitrogens is 1. The van der Waals surface area contributed by atoms with E-state index in [9.17, 15) is 5.11 Å². The Labute approximate surface area is 150 Å². The Morgan fingerprint density at radius 3 is 2.44 bits per heavy atom. The fraction of sp³-hybridized carbons (Fsp3) is 0.136. The molecule has 1 heterocycles. The second-order valence-corrected chi connectivity index (χ2v) is 8.10. The Morgan fingerprint density at radius 2 is 1.60 bits per heavy atom. The molecule has 122 valence electrons. The van der Waals surface area contributed by atoms with Crippen LogP contribution in [0.15, 0.2) is 60.7 Å². The zero-order chi connectivity index (χ0) is 17.2. The van der Waals surface area contributed by atoms with E-state index in [2.05, 4.69) is 50.2 Å². The molecule has 1 N–H and O–H groups in total. The van der Waals surface area contributed by atoms with Crippen LogP contribution in [-0.2, 0) is 5.41 Å². The summed E-state index contributed by atoms with van der Waals surface area (Å²) in [7, 11) is 0. The van der Waals surface area contributed by atoms with Gasteiger partial charge in [-0.25, -0.2) is 4.98 Å². The monoisotopic (exact) mass is 343 g/mol. The third-order valence-corrected chi connectivity index (χ3v) is 6.29. The summed E-state index contributed by atoms with van der Waals surface area (Å²) in [5, 5.41) is 11.6. The molecule has 2 nitrogen and oxygen atoms in total. The highest BCUT2D eigenvalue weighted by atomic mass is 32.1. The molecule has 1 aliphatic carbocycles. The number of hydrogen-bond donors (Lipinski definition) is 1. The van der Waals surface area contributed by atoms with Crippen molar-refractivity contribution in [2.75, 3.05) is 0 Å². The summed E-state index contributed by atoms with van der Waals surface area (Å²) >= 11 is 1.62. The molecule has 0 radical (unpaired) electrons. The number of thiazole rings is 1. The Balaban J connectivity index is 1.77. The molecule has 0 spiro atoms. The summed E-state index contributed by atoms with van der Waals surface area (Å²) < 4.78 is 1.14. The Hall–Kier alpha value is -2.65. The molecule has 0 atom stereocenters. The van der Waals surface area contributed by atoms with Crippen LogP contribution in [0.4, 0.5) is 0 Å². The topological polar surface area (TPSA) is 33.1 Å². The number of rotatable bonds is 1. The van der Waals surface area contributed by atoms with Crippen molar-refractivity contribution in [3.63, 3.8) is 0 Å². The molecular formula is C22H17NOS. The minimum atomic E-state index is -0.102. The average Bonchev–Trinajstić information content (AvgIpc) is 3.13. The molecule has 4 aromatic rings. The molecule has 0 fully saturated rings. The van der Waals surface area contributed by atoms with Crippen LogP contribution in [0.3, 0.4) is 0 Å². The van der Waals surface area contributed by atoms with Crippen LogP contribution < -0.4 is 0 Å². The van der Waals surface area contributed by atoms with Crippen molar-refractivity contribution in [2.24, 2.45) is 0 Å². The van der Waals surface area contributed by atoms with Crippen molar-refractivity contribution >= 4 is 21.6 Å². The van der Waals surface area contributed by atoms with Gasteiger partial charge in [-0.05, 0) is 46.5 Å². The van der Waals surface area contributed by atoms with Gasteiger partial charge in [-0.1, -0.05) is 50.2 Å². The van der Waals surface area contributed by atoms with Crippen LogP contribution in [0.2, 0.25) is 0 Å². The maximum absolute atomic E-state index is 10.7. The summed E-state index contributed by atoms with van der Waals surface area (Å²) in [6.07, 6.45) is 0. The van der Waals surface area contributed by atoms with E-state index in [0.717, 1.165) is 20.8 Å². The van der Waals surface area contributed by atoms with Gasteiger partial charge in [0.2, 0.25) is 0 Å². The lowest BCUT2D eigenvalue weighted by Gasteiger charge is -2.21. The lowest BCUT2D eigenvalue weighted by Crippen LogP contribution is -2.14. The smallest absolute Gasteiger partial charge is 0.128 e. The third-order valence-electron chi connectivity index (χ3n) is 5.22. The lowest BCUT2D eigenvalue weighted by molar-refractivity contribution is 0.475. The van der Waals surface area contributed by atoms with Crippen LogP contribution in [0.5, 0.6) is 5.75 Å². The molecule has 0 amide bonds. The number of para-hydroxylation sites is 1. The SMILES string of the molecule is CC1(C)c2ccccc2-c2cc(-c3nc4ccccc4s3)c(O)cc21. The van der Waals surface area contributed by atoms with Crippen molar-refractivity contribution in [2.45, 2.75) is 19.3 Å². The Morgan fingerprint density at radius 1 is 0.840 bits per heavy atom. The molecule has 1 aliphatic rings. The van der Waals surface area contributed by atoms with Crippen molar-refractivity contribution in [1.29, 1.82) is 0 Å². The number of hydrogen-bond acceptors (Lipinski definition) is 3. The van der Waals surface area contributed by atoms with Crippen LogP contribution in [0.1, 0.15) is 25.0 Å². The molecule has 0 unspecified atom stereocenters. The molecule has 3 aromatic carbocycles. The van der Waals surface area contributed by atoms with Gasteiger partial charge >= 0.3 is 0 Å². The van der Waals surface area contributed by atoms with E-state index in [1.54, 1.807) is 11.3 Å². The lowest BCUT2D eigenvalue weighted by atomic mass is 9.82. The van der Waals surface area contributed by atoms with Gasteiger partial charge in [-0.15, -0.1) is 11.3 Å². The minimum absolute atomic E-state index is 0.102. The zero-order valence-corrected chi connectivity index (χ0v) is 14.9. The first-order valence-corrected chi connectivity index (χ1v) is 9.20. The van der Waals surface area contributed by atoms with Gasteiger partial charge in [0.25, 0.3) is 0 Å². The fourth-order valence-electron chi connectivity index (χ4n) is 3.89. The highest BCUT2D eigenvalue weighted by Gasteiger charge is 2.36. The molecular weight excluding hydrogens is 326 g/mol. The number of benzene rings is 3. The third kappa shape index (κ3) is 1.99. The summed E-state index contributed by atoms with van der Waals surface area (Å²) in [5.74, 6) is 0.304. The quantitative estimate of drug-likeness (QED) is 0.461. The van der Waals surface area contributed by atoms with E-state index >= 15 is 0 Å². The highest BCUT2D eigenvalue weighted by Crippen LogP contribution is 2.51. The minimum Gasteiger partial charge on any atom is -0.507 e. The summed E-state index contributed by atoms with van der Waals surface area (Å²) in [6.45, 7) is 4.43. The first-order chi connectivity index (χ1) is 12.1. The van der Waals surface area contributed by atoms with E-state index in [0.29, 0.717) is 5.75 Å². The standard InChI is InChI=1S/C22H17NOS/c1-22(2)16-8-4-3-7-13(16)14-11-15(19(24)12-17(14)22)21-23-18-9-5-6-10-20(18)25-21/h3-12,24H,1-2H3. The molecule has 0 bridgehead atoms. The van der Waals surface area contributed by atoms with Crippen molar-refractivity contribution < 1.29 is 5.11 Å². The zero-order valence-electron chi connectivity index (χ0n) is 14.1. The maximum atomic E-state index is 10.7. The molecule has 0 aliphatic heterocycles. The number of phenols is 1. The normalized spacial score (nSPS) is 14.5. The van der Waals surface area contributed by atoms with E-state index in [1.165, 1.54) is 22.3 Å². The van der Waals surface area contributed by atoms with Gasteiger partial charge in [0, 0.05) is 5.41 Å². The van der Waals surface area contributed by atoms with Gasteiger partial charge in [0.15, 0.2) is 0 Å². The van der Waals surface area contributed by atoms with Gasteiger partial charge in [0.05, 0.1) is 15.8 Å². The predicted molar refractivity (Wildman–Crippen MR) is 104 cm³/mol. The van der Waals surface area contributed by atoms with Crippen LogP contribution >= 0.6 is 11.3 Å². The highest BCUT2D eigenvalue weighted by molar-refractivity contribution is 7.21. The van der Waals surface area contributed by atoms with Gasteiger partial charge in [-0.2, -0.15) is 0 Å². The number of phenolic OH excluding ortho intramolecular Hbond substituents is 1. The first-order valence-electron chi connectivity index (χ1n) is 8.39. The first kappa shape index (κ1) is 14.7. The second kappa shape index (κ2) is 4.93. The average molecular weight is 343 g/mol.